The van der Waals surface area contributed by atoms with Crippen molar-refractivity contribution in [1.82, 2.24) is 0 Å². The van der Waals surface area contributed by atoms with Crippen molar-refractivity contribution in [3.63, 3.8) is 0 Å². The van der Waals surface area contributed by atoms with Gasteiger partial charge in [-0.1, -0.05) is 12.1 Å². The zero-order valence-corrected chi connectivity index (χ0v) is 13.0. The highest BCUT2D eigenvalue weighted by Crippen LogP contribution is 2.38. The maximum atomic E-state index is 12.6. The van der Waals surface area contributed by atoms with Crippen LogP contribution >= 0.6 is 0 Å². The van der Waals surface area contributed by atoms with Gasteiger partial charge in [0.05, 0.1) is 17.8 Å². The van der Waals surface area contributed by atoms with Gasteiger partial charge in [0.15, 0.2) is 12.4 Å². The minimum Gasteiger partial charge on any atom is -0.485 e. The van der Waals surface area contributed by atoms with E-state index in [-0.39, 0.29) is 30.3 Å². The Bertz CT molecular complexity index is 612. The smallest absolute Gasteiger partial charge is 0.416 e. The summed E-state index contributed by atoms with van der Waals surface area (Å²) in [5.74, 6) is 0.254. The van der Waals surface area contributed by atoms with Gasteiger partial charge in [-0.3, -0.25) is 4.79 Å². The molecule has 1 aromatic carbocycles. The average molecular weight is 339 g/mol. The van der Waals surface area contributed by atoms with Gasteiger partial charge in [0.2, 0.25) is 0 Å². The molecule has 0 aromatic heterocycles. The third-order valence-corrected chi connectivity index (χ3v) is 4.32. The number of alkyl halides is 3. The highest BCUT2D eigenvalue weighted by molar-refractivity contribution is 5.91. The first kappa shape index (κ1) is 17.0. The Morgan fingerprint density at radius 2 is 2.17 bits per heavy atom. The SMILES string of the molecule is O=C(/C=C/C1C[C@H]2C[CH]C[C@@H]2O1)COc1cccc(C(F)(F)F)c1. The molecule has 0 bridgehead atoms. The van der Waals surface area contributed by atoms with E-state index in [0.29, 0.717) is 5.92 Å². The zero-order chi connectivity index (χ0) is 17.2. The summed E-state index contributed by atoms with van der Waals surface area (Å²) < 4.78 is 48.8. The summed E-state index contributed by atoms with van der Waals surface area (Å²) in [4.78, 5) is 11.8. The number of hydrogen-bond donors (Lipinski definition) is 0. The first-order valence-electron chi connectivity index (χ1n) is 7.90. The molecule has 1 aromatic rings. The molecule has 3 nitrogen and oxygen atoms in total. The Labute approximate surface area is 138 Å². The number of rotatable bonds is 5. The molecule has 24 heavy (non-hydrogen) atoms. The highest BCUT2D eigenvalue weighted by Gasteiger charge is 2.37. The molecule has 1 aliphatic carbocycles. The molecule has 1 aliphatic heterocycles. The van der Waals surface area contributed by atoms with E-state index in [2.05, 4.69) is 6.42 Å². The standard InChI is InChI=1S/C18H18F3O3/c19-18(20,21)13-4-2-5-15(10-13)23-11-14(22)7-8-16-9-12-3-1-6-17(12)24-16/h1-2,4-5,7-8,10,12,16-17H,3,6,9,11H2/b8-7+/t12-,16?,17+/m1/s1. The fourth-order valence-electron chi connectivity index (χ4n) is 3.12. The minimum absolute atomic E-state index is 0.0220. The van der Waals surface area contributed by atoms with Gasteiger partial charge in [-0.05, 0) is 55.9 Å². The predicted molar refractivity (Wildman–Crippen MR) is 81.4 cm³/mol. The van der Waals surface area contributed by atoms with Crippen molar-refractivity contribution in [1.29, 1.82) is 0 Å². The van der Waals surface area contributed by atoms with E-state index in [0.717, 1.165) is 31.4 Å². The van der Waals surface area contributed by atoms with Crippen molar-refractivity contribution >= 4 is 5.78 Å². The van der Waals surface area contributed by atoms with E-state index in [9.17, 15) is 18.0 Å². The van der Waals surface area contributed by atoms with Crippen LogP contribution in [0.15, 0.2) is 36.4 Å². The Morgan fingerprint density at radius 3 is 2.92 bits per heavy atom. The molecule has 0 spiro atoms. The molecule has 1 saturated carbocycles. The maximum Gasteiger partial charge on any atom is 0.416 e. The number of ether oxygens (including phenoxy) is 2. The second kappa shape index (κ2) is 6.97. The molecule has 1 heterocycles. The summed E-state index contributed by atoms with van der Waals surface area (Å²) in [6.07, 6.45) is 4.02. The van der Waals surface area contributed by atoms with Gasteiger partial charge in [-0.2, -0.15) is 13.2 Å². The van der Waals surface area contributed by atoms with E-state index in [1.807, 2.05) is 0 Å². The summed E-state index contributed by atoms with van der Waals surface area (Å²) in [7, 11) is 0. The third-order valence-electron chi connectivity index (χ3n) is 4.32. The lowest BCUT2D eigenvalue weighted by atomic mass is 10.0. The van der Waals surface area contributed by atoms with Crippen molar-refractivity contribution in [3.05, 3.63) is 48.4 Å². The molecule has 0 N–H and O–H groups in total. The van der Waals surface area contributed by atoms with Crippen molar-refractivity contribution in [2.24, 2.45) is 5.92 Å². The second-order valence-electron chi connectivity index (χ2n) is 6.11. The highest BCUT2D eigenvalue weighted by atomic mass is 19.4. The molecular formula is C18H18F3O3. The average Bonchev–Trinajstić information content (AvgIpc) is 3.11. The monoisotopic (exact) mass is 339 g/mol. The normalized spacial score (nSPS) is 26.7. The Kier molecular flexibility index (Phi) is 4.94. The number of carbonyl (C=O) groups is 1. The lowest BCUT2D eigenvalue weighted by molar-refractivity contribution is -0.137. The molecule has 2 aliphatic rings. The largest absolute Gasteiger partial charge is 0.485 e. The molecule has 129 valence electrons. The van der Waals surface area contributed by atoms with Crippen molar-refractivity contribution < 1.29 is 27.4 Å². The van der Waals surface area contributed by atoms with Gasteiger partial charge in [-0.25, -0.2) is 0 Å². The molecule has 3 atom stereocenters. The topological polar surface area (TPSA) is 35.5 Å². The number of ketones is 1. The van der Waals surface area contributed by atoms with Crippen LogP contribution in [-0.2, 0) is 15.7 Å². The van der Waals surface area contributed by atoms with Gasteiger partial charge in [-0.15, -0.1) is 0 Å². The third kappa shape index (κ3) is 4.17. The number of halogens is 3. The molecule has 1 unspecified atom stereocenters. The van der Waals surface area contributed by atoms with Crippen LogP contribution in [-0.4, -0.2) is 24.6 Å². The zero-order valence-electron chi connectivity index (χ0n) is 13.0. The van der Waals surface area contributed by atoms with Crippen LogP contribution in [0.2, 0.25) is 0 Å². The van der Waals surface area contributed by atoms with Crippen molar-refractivity contribution in [2.75, 3.05) is 6.61 Å². The molecule has 0 amide bonds. The quantitative estimate of drug-likeness (QED) is 0.761. The number of benzene rings is 1. The van der Waals surface area contributed by atoms with Gasteiger partial charge in [0.25, 0.3) is 0 Å². The van der Waals surface area contributed by atoms with Crippen molar-refractivity contribution in [2.45, 2.75) is 37.6 Å². The fraction of sp³-hybridized carbons (Fsp3) is 0.444. The van der Waals surface area contributed by atoms with Crippen LogP contribution in [0.4, 0.5) is 13.2 Å². The summed E-state index contributed by atoms with van der Waals surface area (Å²) >= 11 is 0. The van der Waals surface area contributed by atoms with Crippen LogP contribution in [0.25, 0.3) is 0 Å². The first-order valence-corrected chi connectivity index (χ1v) is 7.90. The summed E-state index contributed by atoms with van der Waals surface area (Å²) in [5, 5.41) is 0. The van der Waals surface area contributed by atoms with Gasteiger partial charge in [0.1, 0.15) is 5.75 Å². The van der Waals surface area contributed by atoms with Crippen LogP contribution in [0.5, 0.6) is 5.75 Å². The molecule has 3 rings (SSSR count). The lowest BCUT2D eigenvalue weighted by Gasteiger charge is -2.09. The number of hydrogen-bond acceptors (Lipinski definition) is 3. The summed E-state index contributed by atoms with van der Waals surface area (Å²) in [5.41, 5.74) is -0.800. The lowest BCUT2D eigenvalue weighted by Crippen LogP contribution is -2.12. The van der Waals surface area contributed by atoms with E-state index >= 15 is 0 Å². The van der Waals surface area contributed by atoms with Gasteiger partial charge in [0, 0.05) is 0 Å². The van der Waals surface area contributed by atoms with E-state index in [1.54, 1.807) is 6.08 Å². The Morgan fingerprint density at radius 1 is 1.33 bits per heavy atom. The van der Waals surface area contributed by atoms with Crippen molar-refractivity contribution in [3.8, 4) is 5.75 Å². The first-order chi connectivity index (χ1) is 11.4. The molecule has 1 saturated heterocycles. The maximum absolute atomic E-state index is 12.6. The van der Waals surface area contributed by atoms with E-state index < -0.39 is 11.7 Å². The summed E-state index contributed by atoms with van der Waals surface area (Å²) in [6.45, 7) is -0.300. The second-order valence-corrected chi connectivity index (χ2v) is 6.11. The minimum atomic E-state index is -4.43. The fourth-order valence-corrected chi connectivity index (χ4v) is 3.12. The van der Waals surface area contributed by atoms with Crippen LogP contribution in [0.1, 0.15) is 24.8 Å². The Hall–Kier alpha value is -1.82. The van der Waals surface area contributed by atoms with E-state index in [4.69, 9.17) is 9.47 Å². The number of carbonyl (C=O) groups excluding carboxylic acids is 1. The number of fused-ring (bicyclic) bond motifs is 1. The van der Waals surface area contributed by atoms with Gasteiger partial charge < -0.3 is 9.47 Å². The van der Waals surface area contributed by atoms with Crippen LogP contribution < -0.4 is 4.74 Å². The summed E-state index contributed by atoms with van der Waals surface area (Å²) in [6, 6.07) is 4.49. The molecule has 6 heteroatoms. The molecular weight excluding hydrogens is 321 g/mol. The van der Waals surface area contributed by atoms with Crippen LogP contribution in [0.3, 0.4) is 0 Å². The molecule has 2 fully saturated rings. The van der Waals surface area contributed by atoms with E-state index in [1.165, 1.54) is 18.2 Å². The molecule has 1 radical (unpaired) electrons. The van der Waals surface area contributed by atoms with Crippen LogP contribution in [0, 0.1) is 12.3 Å². The predicted octanol–water partition coefficient (Wildman–Crippen LogP) is 3.98. The Balaban J connectivity index is 1.48. The van der Waals surface area contributed by atoms with Gasteiger partial charge >= 0.3 is 6.18 Å².